The second kappa shape index (κ2) is 9.96. The van der Waals surface area contributed by atoms with E-state index in [-0.39, 0.29) is 17.6 Å². The van der Waals surface area contributed by atoms with Crippen molar-refractivity contribution in [1.29, 1.82) is 0 Å². The van der Waals surface area contributed by atoms with Gasteiger partial charge in [-0.2, -0.15) is 0 Å². The molecule has 2 unspecified atom stereocenters. The lowest BCUT2D eigenvalue weighted by Gasteiger charge is -2.27. The van der Waals surface area contributed by atoms with E-state index in [1.165, 1.54) is 11.3 Å². The van der Waals surface area contributed by atoms with Crippen molar-refractivity contribution in [3.63, 3.8) is 0 Å². The molecule has 1 aliphatic rings. The molecule has 166 valence electrons. The highest BCUT2D eigenvalue weighted by Gasteiger charge is 2.36. The average Bonchev–Trinajstić information content (AvgIpc) is 3.16. The first-order valence-corrected chi connectivity index (χ1v) is 11.2. The molecule has 0 radical (unpaired) electrons. The topological polar surface area (TPSA) is 102 Å². The van der Waals surface area contributed by atoms with Gasteiger partial charge in [0.05, 0.1) is 25.0 Å². The second-order valence-electron chi connectivity index (χ2n) is 7.86. The van der Waals surface area contributed by atoms with Gasteiger partial charge in [-0.25, -0.2) is 4.79 Å². The van der Waals surface area contributed by atoms with Gasteiger partial charge in [0.1, 0.15) is 16.3 Å². The molecule has 0 aliphatic heterocycles. The number of anilines is 1. The maximum Gasteiger partial charge on any atom is 0.342 e. The number of amides is 1. The highest BCUT2D eigenvalue weighted by molar-refractivity contribution is 7.15. The predicted molar refractivity (Wildman–Crippen MR) is 119 cm³/mol. The van der Waals surface area contributed by atoms with Crippen molar-refractivity contribution in [2.45, 2.75) is 45.6 Å². The maximum absolute atomic E-state index is 13.0. The summed E-state index contributed by atoms with van der Waals surface area (Å²) in [6.07, 6.45) is 2.29. The molecule has 0 bridgehead atoms. The summed E-state index contributed by atoms with van der Waals surface area (Å²) in [5.41, 5.74) is 1.71. The Kier molecular flexibility index (Phi) is 7.33. The summed E-state index contributed by atoms with van der Waals surface area (Å²) in [6, 6.07) is 7.26. The first kappa shape index (κ1) is 22.8. The molecule has 2 N–H and O–H groups in total. The third-order valence-electron chi connectivity index (χ3n) is 5.40. The summed E-state index contributed by atoms with van der Waals surface area (Å²) in [4.78, 5) is 37.5. The van der Waals surface area contributed by atoms with Gasteiger partial charge in [-0.05, 0) is 44.4 Å². The normalized spacial score (nSPS) is 18.5. The van der Waals surface area contributed by atoms with E-state index in [0.717, 1.165) is 18.4 Å². The molecule has 1 heterocycles. The molecule has 0 saturated heterocycles. The van der Waals surface area contributed by atoms with Crippen LogP contribution in [-0.4, -0.2) is 36.2 Å². The predicted octanol–water partition coefficient (Wildman–Crippen LogP) is 4.82. The summed E-state index contributed by atoms with van der Waals surface area (Å²) in [5, 5.41) is 14.5. The van der Waals surface area contributed by atoms with Crippen LogP contribution in [-0.2, 0) is 14.3 Å². The van der Waals surface area contributed by atoms with Crippen molar-refractivity contribution >= 4 is 34.2 Å². The number of hydrogen-bond acceptors (Lipinski definition) is 6. The molecule has 31 heavy (non-hydrogen) atoms. The Morgan fingerprint density at radius 2 is 1.74 bits per heavy atom. The molecule has 1 aliphatic carbocycles. The fourth-order valence-corrected chi connectivity index (χ4v) is 4.81. The lowest BCUT2D eigenvalue weighted by Crippen LogP contribution is -2.36. The van der Waals surface area contributed by atoms with Gasteiger partial charge in [0, 0.05) is 10.9 Å². The smallest absolute Gasteiger partial charge is 0.342 e. The van der Waals surface area contributed by atoms with Crippen molar-refractivity contribution in [1.82, 2.24) is 0 Å². The third-order valence-corrected chi connectivity index (χ3v) is 6.29. The van der Waals surface area contributed by atoms with Crippen LogP contribution in [0.1, 0.15) is 49.9 Å². The van der Waals surface area contributed by atoms with Crippen molar-refractivity contribution < 1.29 is 29.0 Å². The fraction of sp³-hybridized carbons (Fsp3) is 0.435. The number of carbonyl (C=O) groups excluding carboxylic acids is 2. The lowest BCUT2D eigenvalue weighted by atomic mass is 9.79. The van der Waals surface area contributed by atoms with Crippen LogP contribution in [0.25, 0.3) is 11.1 Å². The summed E-state index contributed by atoms with van der Waals surface area (Å²) >= 11 is 1.23. The molecule has 7 nitrogen and oxygen atoms in total. The van der Waals surface area contributed by atoms with Crippen molar-refractivity contribution in [2.24, 2.45) is 11.8 Å². The van der Waals surface area contributed by atoms with Gasteiger partial charge in [0.2, 0.25) is 5.91 Å². The number of aliphatic carboxylic acids is 1. The number of carbonyl (C=O) groups is 3. The zero-order valence-electron chi connectivity index (χ0n) is 17.8. The highest BCUT2D eigenvalue weighted by Crippen LogP contribution is 2.38. The molecule has 1 fully saturated rings. The molecule has 8 heteroatoms. The van der Waals surface area contributed by atoms with Crippen LogP contribution in [0.4, 0.5) is 5.00 Å². The van der Waals surface area contributed by atoms with E-state index >= 15 is 0 Å². The Morgan fingerprint density at radius 1 is 1.10 bits per heavy atom. The van der Waals surface area contributed by atoms with Gasteiger partial charge in [0.25, 0.3) is 0 Å². The van der Waals surface area contributed by atoms with Gasteiger partial charge in [-0.15, -0.1) is 11.3 Å². The maximum atomic E-state index is 13.0. The molecule has 1 saturated carbocycles. The standard InChI is InChI=1S/C23H27NO6S/c1-13(2)30-23(28)19-18(14-8-10-15(29-3)11-9-14)12-31-21(19)24-20(25)16-6-4-5-7-17(16)22(26)27/h8-13,16-17H,4-7H2,1-3H3,(H,24,25)(H,26,27). The number of benzene rings is 1. The zero-order chi connectivity index (χ0) is 22.5. The summed E-state index contributed by atoms with van der Waals surface area (Å²) in [7, 11) is 1.58. The van der Waals surface area contributed by atoms with Crippen molar-refractivity contribution in [2.75, 3.05) is 12.4 Å². The molecule has 1 aromatic heterocycles. The number of nitrogens with one attached hydrogen (secondary N) is 1. The van der Waals surface area contributed by atoms with Crippen molar-refractivity contribution in [3.8, 4) is 16.9 Å². The van der Waals surface area contributed by atoms with Crippen LogP contribution < -0.4 is 10.1 Å². The Hall–Kier alpha value is -2.87. The minimum absolute atomic E-state index is 0.278. The Labute approximate surface area is 185 Å². The minimum Gasteiger partial charge on any atom is -0.497 e. The van der Waals surface area contributed by atoms with Crippen LogP contribution in [0.5, 0.6) is 5.75 Å². The monoisotopic (exact) mass is 445 g/mol. The van der Waals surface area contributed by atoms with E-state index in [1.807, 2.05) is 12.1 Å². The lowest BCUT2D eigenvalue weighted by molar-refractivity contribution is -0.147. The van der Waals surface area contributed by atoms with Gasteiger partial charge < -0.3 is 19.9 Å². The number of rotatable bonds is 7. The molecule has 1 amide bonds. The van der Waals surface area contributed by atoms with Crippen LogP contribution in [0.15, 0.2) is 29.6 Å². The van der Waals surface area contributed by atoms with Gasteiger partial charge in [-0.3, -0.25) is 9.59 Å². The molecular weight excluding hydrogens is 418 g/mol. The number of ether oxygens (including phenoxy) is 2. The quantitative estimate of drug-likeness (QED) is 0.593. The largest absolute Gasteiger partial charge is 0.497 e. The van der Waals surface area contributed by atoms with E-state index in [2.05, 4.69) is 5.32 Å². The van der Waals surface area contributed by atoms with Gasteiger partial charge in [-0.1, -0.05) is 25.0 Å². The van der Waals surface area contributed by atoms with Crippen LogP contribution >= 0.6 is 11.3 Å². The SMILES string of the molecule is COc1ccc(-c2csc(NC(=O)C3CCCCC3C(=O)O)c2C(=O)OC(C)C)cc1. The molecule has 2 atom stereocenters. The molecule has 2 aromatic rings. The minimum atomic E-state index is -0.954. The van der Waals surface area contributed by atoms with Crippen LogP contribution in [0.2, 0.25) is 0 Å². The summed E-state index contributed by atoms with van der Waals surface area (Å²) in [5.74, 6) is -2.49. The van der Waals surface area contributed by atoms with E-state index in [0.29, 0.717) is 29.2 Å². The van der Waals surface area contributed by atoms with E-state index in [9.17, 15) is 19.5 Å². The average molecular weight is 446 g/mol. The Bertz CT molecular complexity index is 949. The number of carboxylic acid groups (broad SMARTS) is 1. The number of thiophene rings is 1. The number of esters is 1. The van der Waals surface area contributed by atoms with Crippen LogP contribution in [0.3, 0.4) is 0 Å². The molecule has 3 rings (SSSR count). The van der Waals surface area contributed by atoms with E-state index < -0.39 is 23.8 Å². The molecule has 0 spiro atoms. The van der Waals surface area contributed by atoms with Crippen LogP contribution in [0, 0.1) is 11.8 Å². The Morgan fingerprint density at radius 3 is 2.32 bits per heavy atom. The fourth-order valence-electron chi connectivity index (χ4n) is 3.85. The third kappa shape index (κ3) is 5.25. The number of methoxy groups -OCH3 is 1. The molecule has 1 aromatic carbocycles. The zero-order valence-corrected chi connectivity index (χ0v) is 18.7. The van der Waals surface area contributed by atoms with Crippen molar-refractivity contribution in [3.05, 3.63) is 35.2 Å². The van der Waals surface area contributed by atoms with E-state index in [1.54, 1.807) is 38.5 Å². The first-order chi connectivity index (χ1) is 14.8. The second-order valence-corrected chi connectivity index (χ2v) is 8.74. The number of carboxylic acids is 1. The highest BCUT2D eigenvalue weighted by atomic mass is 32.1. The summed E-state index contributed by atoms with van der Waals surface area (Å²) in [6.45, 7) is 3.52. The Balaban J connectivity index is 1.93. The van der Waals surface area contributed by atoms with Gasteiger partial charge >= 0.3 is 11.9 Å². The number of hydrogen-bond donors (Lipinski definition) is 2. The first-order valence-electron chi connectivity index (χ1n) is 10.3. The summed E-state index contributed by atoms with van der Waals surface area (Å²) < 4.78 is 10.6. The van der Waals surface area contributed by atoms with E-state index in [4.69, 9.17) is 9.47 Å². The molecular formula is C23H27NO6S. The van der Waals surface area contributed by atoms with Gasteiger partial charge in [0.15, 0.2) is 0 Å².